The van der Waals surface area contributed by atoms with E-state index in [4.69, 9.17) is 42.3 Å². The van der Waals surface area contributed by atoms with Crippen LogP contribution in [0.5, 0.6) is 34.5 Å². The van der Waals surface area contributed by atoms with Gasteiger partial charge in [-0.05, 0) is 12.1 Å². The Morgan fingerprint density at radius 1 is 0.733 bits per heavy atom. The fraction of sp³-hybridized carbons (Fsp3) is 0.536. The van der Waals surface area contributed by atoms with Crippen LogP contribution in [0.2, 0.25) is 0 Å². The lowest BCUT2D eigenvalue weighted by atomic mass is 9.99. The lowest BCUT2D eigenvalue weighted by Crippen LogP contribution is -2.61. The molecule has 0 unspecified atom stereocenters. The highest BCUT2D eigenvalue weighted by Crippen LogP contribution is 2.51. The molecular weight excluding hydrogens is 608 g/mol. The number of phenolic OH excluding ortho intramolecular Hbond substituents is 1. The number of benzene rings is 2. The highest BCUT2D eigenvalue weighted by Gasteiger charge is 2.47. The van der Waals surface area contributed by atoms with Crippen molar-refractivity contribution in [2.45, 2.75) is 55.3 Å². The van der Waals surface area contributed by atoms with Crippen LogP contribution < -0.4 is 29.1 Å². The SMILES string of the molecule is COc1c(OC)c(O)c2c(=O)c3c(O[C@@H]4O[C@H](CO[C@@H]5OC[C@@H](O)[C@H](O)[C@H]5O)[C@@H](O)[C@H](O)[C@H]4O)ccc(OC)c3oc2c1OC. The van der Waals surface area contributed by atoms with Gasteiger partial charge in [-0.25, -0.2) is 0 Å². The highest BCUT2D eigenvalue weighted by molar-refractivity contribution is 6.02. The Bertz CT molecular complexity index is 1590. The molecule has 17 nitrogen and oxygen atoms in total. The van der Waals surface area contributed by atoms with Crippen LogP contribution in [0.4, 0.5) is 0 Å². The number of aromatic hydroxyl groups is 1. The molecule has 9 atom stereocenters. The van der Waals surface area contributed by atoms with E-state index >= 15 is 0 Å². The maximum absolute atomic E-state index is 14.0. The van der Waals surface area contributed by atoms with Crippen molar-refractivity contribution in [3.05, 3.63) is 22.4 Å². The van der Waals surface area contributed by atoms with E-state index in [9.17, 15) is 40.5 Å². The molecule has 0 radical (unpaired) electrons. The van der Waals surface area contributed by atoms with Crippen molar-refractivity contribution in [3.63, 3.8) is 0 Å². The first-order chi connectivity index (χ1) is 21.5. The molecule has 0 spiro atoms. The Labute approximate surface area is 254 Å². The largest absolute Gasteiger partial charge is 0.504 e. The van der Waals surface area contributed by atoms with Crippen molar-refractivity contribution in [2.75, 3.05) is 41.7 Å². The van der Waals surface area contributed by atoms with Gasteiger partial charge in [-0.1, -0.05) is 0 Å². The van der Waals surface area contributed by atoms with Gasteiger partial charge in [-0.15, -0.1) is 0 Å². The molecular formula is C28H34O17. The first kappa shape index (κ1) is 32.7. The van der Waals surface area contributed by atoms with Gasteiger partial charge in [0, 0.05) is 0 Å². The topological polar surface area (TPSA) is 246 Å². The summed E-state index contributed by atoms with van der Waals surface area (Å²) in [6.45, 7) is -0.868. The number of aliphatic hydroxyl groups is 6. The Hall–Kier alpha value is -3.65. The van der Waals surface area contributed by atoms with E-state index in [1.165, 1.54) is 40.6 Å². The summed E-state index contributed by atoms with van der Waals surface area (Å²) < 4.78 is 49.6. The molecule has 45 heavy (non-hydrogen) atoms. The fourth-order valence-electron chi connectivity index (χ4n) is 5.26. The molecule has 2 aliphatic rings. The van der Waals surface area contributed by atoms with Crippen LogP contribution in [0.3, 0.4) is 0 Å². The minimum absolute atomic E-state index is 0.0461. The van der Waals surface area contributed by atoms with Crippen molar-refractivity contribution < 1.29 is 78.1 Å². The van der Waals surface area contributed by atoms with Gasteiger partial charge in [0.05, 0.1) is 41.7 Å². The van der Waals surface area contributed by atoms with Gasteiger partial charge in [0.15, 0.2) is 29.0 Å². The average molecular weight is 643 g/mol. The van der Waals surface area contributed by atoms with Gasteiger partial charge in [0.1, 0.15) is 59.2 Å². The first-order valence-electron chi connectivity index (χ1n) is 13.6. The smallest absolute Gasteiger partial charge is 0.229 e. The van der Waals surface area contributed by atoms with E-state index in [1.807, 2.05) is 0 Å². The molecule has 2 saturated heterocycles. The normalized spacial score (nSPS) is 30.3. The molecule has 7 N–H and O–H groups in total. The number of fused-ring (bicyclic) bond motifs is 2. The second-order valence-corrected chi connectivity index (χ2v) is 10.3. The van der Waals surface area contributed by atoms with E-state index in [-0.39, 0.29) is 57.3 Å². The second-order valence-electron chi connectivity index (χ2n) is 10.3. The van der Waals surface area contributed by atoms with Gasteiger partial charge in [0.2, 0.25) is 29.0 Å². The molecule has 3 aromatic rings. The molecule has 2 aromatic carbocycles. The Kier molecular flexibility index (Phi) is 9.45. The maximum Gasteiger partial charge on any atom is 0.229 e. The predicted molar refractivity (Wildman–Crippen MR) is 149 cm³/mol. The van der Waals surface area contributed by atoms with Crippen LogP contribution in [0.15, 0.2) is 21.3 Å². The minimum atomic E-state index is -1.84. The van der Waals surface area contributed by atoms with Crippen molar-refractivity contribution >= 4 is 21.9 Å². The summed E-state index contributed by atoms with van der Waals surface area (Å²) in [5, 5.41) is 71.9. The van der Waals surface area contributed by atoms with Crippen molar-refractivity contribution in [1.29, 1.82) is 0 Å². The molecule has 0 bridgehead atoms. The van der Waals surface area contributed by atoms with E-state index in [2.05, 4.69) is 0 Å². The minimum Gasteiger partial charge on any atom is -0.504 e. The van der Waals surface area contributed by atoms with E-state index in [1.54, 1.807) is 0 Å². The van der Waals surface area contributed by atoms with Gasteiger partial charge in [-0.3, -0.25) is 4.79 Å². The number of methoxy groups -OCH3 is 4. The summed E-state index contributed by atoms with van der Waals surface area (Å²) in [5.74, 6) is -1.09. The third-order valence-electron chi connectivity index (χ3n) is 7.66. The molecule has 2 aliphatic heterocycles. The van der Waals surface area contributed by atoms with Crippen LogP contribution in [-0.4, -0.2) is 133 Å². The van der Waals surface area contributed by atoms with Gasteiger partial charge in [0.25, 0.3) is 0 Å². The summed E-state index contributed by atoms with van der Waals surface area (Å²) in [6.07, 6.45) is -14.4. The summed E-state index contributed by atoms with van der Waals surface area (Å²) in [7, 11) is 5.17. The lowest BCUT2D eigenvalue weighted by molar-refractivity contribution is -0.307. The molecule has 0 aliphatic carbocycles. The Morgan fingerprint density at radius 2 is 1.38 bits per heavy atom. The molecule has 3 heterocycles. The third kappa shape index (κ3) is 5.56. The standard InChI is InChI=1S/C28H34O17/c1-37-11-6-5-10(13-17(32)14-18(33)24(38-2)26(40-4)25(39-3)23(14)45-22(11)13)43-28-21(36)19(34)16(31)12(44-28)8-42-27-20(35)15(30)9(29)7-41-27/h5-6,9,12,15-16,19-21,27-31,33-36H,7-8H2,1-4H3/t9-,12-,15+,16-,19+,20-,21-,27+,28-/m1/s1. The van der Waals surface area contributed by atoms with E-state index < -0.39 is 73.1 Å². The van der Waals surface area contributed by atoms with Crippen molar-refractivity contribution in [2.24, 2.45) is 0 Å². The van der Waals surface area contributed by atoms with Crippen LogP contribution in [0, 0.1) is 0 Å². The zero-order valence-corrected chi connectivity index (χ0v) is 24.5. The molecule has 5 rings (SSSR count). The highest BCUT2D eigenvalue weighted by atomic mass is 16.7. The molecule has 0 saturated carbocycles. The van der Waals surface area contributed by atoms with Crippen molar-refractivity contribution in [1.82, 2.24) is 0 Å². The Balaban J connectivity index is 1.53. The molecule has 17 heteroatoms. The molecule has 0 amide bonds. The molecule has 2 fully saturated rings. The molecule has 248 valence electrons. The number of hydrogen-bond donors (Lipinski definition) is 7. The summed E-state index contributed by atoms with van der Waals surface area (Å²) in [5.41, 5.74) is -1.17. The van der Waals surface area contributed by atoms with Crippen LogP contribution in [0.1, 0.15) is 0 Å². The van der Waals surface area contributed by atoms with Crippen LogP contribution >= 0.6 is 0 Å². The first-order valence-corrected chi connectivity index (χ1v) is 13.6. The zero-order chi connectivity index (χ0) is 32.7. The zero-order valence-electron chi connectivity index (χ0n) is 24.5. The number of aliphatic hydroxyl groups excluding tert-OH is 6. The lowest BCUT2D eigenvalue weighted by Gasteiger charge is -2.41. The van der Waals surface area contributed by atoms with E-state index in [0.717, 1.165) is 0 Å². The number of ether oxygens (including phenoxy) is 8. The Morgan fingerprint density at radius 3 is 2.02 bits per heavy atom. The van der Waals surface area contributed by atoms with Gasteiger partial charge in [-0.2, -0.15) is 0 Å². The summed E-state index contributed by atoms with van der Waals surface area (Å²) in [4.78, 5) is 14.0. The van der Waals surface area contributed by atoms with Crippen molar-refractivity contribution in [3.8, 4) is 34.5 Å². The summed E-state index contributed by atoms with van der Waals surface area (Å²) in [6, 6.07) is 2.69. The predicted octanol–water partition coefficient (Wildman–Crippen LogP) is -1.67. The maximum atomic E-state index is 14.0. The quantitative estimate of drug-likeness (QED) is 0.129. The third-order valence-corrected chi connectivity index (χ3v) is 7.66. The fourth-order valence-corrected chi connectivity index (χ4v) is 5.26. The number of rotatable bonds is 9. The summed E-state index contributed by atoms with van der Waals surface area (Å²) >= 11 is 0. The number of hydrogen-bond acceptors (Lipinski definition) is 17. The monoisotopic (exact) mass is 642 g/mol. The van der Waals surface area contributed by atoms with Gasteiger partial charge >= 0.3 is 0 Å². The molecule has 1 aromatic heterocycles. The number of phenols is 1. The second kappa shape index (κ2) is 13.0. The van der Waals surface area contributed by atoms with E-state index in [0.29, 0.717) is 0 Å². The van der Waals surface area contributed by atoms with Gasteiger partial charge < -0.3 is 78.1 Å². The van der Waals surface area contributed by atoms with Crippen LogP contribution in [0.25, 0.3) is 21.9 Å². The average Bonchev–Trinajstić information content (AvgIpc) is 3.03. The van der Waals surface area contributed by atoms with Crippen LogP contribution in [-0.2, 0) is 14.2 Å².